The van der Waals surface area contributed by atoms with Crippen LogP contribution in [-0.2, 0) is 17.8 Å². The molecule has 0 aliphatic carbocycles. The number of halogens is 1. The lowest BCUT2D eigenvalue weighted by Gasteiger charge is -2.06. The van der Waals surface area contributed by atoms with E-state index >= 15 is 0 Å². The summed E-state index contributed by atoms with van der Waals surface area (Å²) < 4.78 is 15.9. The molecule has 0 fully saturated rings. The maximum absolute atomic E-state index is 13.6. The van der Waals surface area contributed by atoms with Gasteiger partial charge in [-0.25, -0.2) is 23.3 Å². The van der Waals surface area contributed by atoms with E-state index in [9.17, 15) is 14.0 Å². The molecule has 148 valence electrons. The second-order valence-corrected chi connectivity index (χ2v) is 6.89. The quantitative estimate of drug-likeness (QED) is 0.546. The van der Waals surface area contributed by atoms with Crippen LogP contribution in [0.3, 0.4) is 0 Å². The zero-order valence-corrected chi connectivity index (χ0v) is 15.9. The number of unbranched alkanes of at least 4 members (excludes halogenated alkanes) is 1. The molecule has 0 radical (unpaired) electrons. The zero-order chi connectivity index (χ0) is 20.4. The Balaban J connectivity index is 1.55. The molecule has 4 rings (SSSR count). The number of carbonyl (C=O) groups is 1. The molecule has 8 heteroatoms. The van der Waals surface area contributed by atoms with Crippen LogP contribution in [0, 0.1) is 5.82 Å². The number of anilines is 1. The molecule has 1 N–H and O–H groups in total. The Kier molecular flexibility index (Phi) is 5.07. The van der Waals surface area contributed by atoms with E-state index in [1.807, 2.05) is 24.3 Å². The summed E-state index contributed by atoms with van der Waals surface area (Å²) in [6.07, 6.45) is 4.58. The largest absolute Gasteiger partial charge is 0.352 e. The number of nitrogens with one attached hydrogen (secondary N) is 1. The molecule has 0 bridgehead atoms. The lowest BCUT2D eigenvalue weighted by molar-refractivity contribution is -0.117. The third kappa shape index (κ3) is 3.87. The van der Waals surface area contributed by atoms with Crippen molar-refractivity contribution in [2.24, 2.45) is 0 Å². The standard InChI is InChI=1S/C21H20FN5O2/c1-2-3-4-14-5-8-16(9-6-14)24-19(28)12-27-21(29)26-13-23-18-10-7-15(22)11-17(18)20(26)25-27/h5-11,13H,2-4,12H2,1H3,(H,24,28). The van der Waals surface area contributed by atoms with E-state index < -0.39 is 11.5 Å². The number of aryl methyl sites for hydroxylation is 1. The maximum Gasteiger partial charge on any atom is 0.352 e. The molecule has 0 saturated heterocycles. The van der Waals surface area contributed by atoms with E-state index in [-0.39, 0.29) is 18.1 Å². The van der Waals surface area contributed by atoms with Crippen LogP contribution >= 0.6 is 0 Å². The summed E-state index contributed by atoms with van der Waals surface area (Å²) in [5.41, 5.74) is 2.13. The second kappa shape index (κ2) is 7.83. The van der Waals surface area contributed by atoms with Gasteiger partial charge >= 0.3 is 5.69 Å². The number of fused-ring (bicyclic) bond motifs is 3. The Hall–Kier alpha value is -3.55. The van der Waals surface area contributed by atoms with E-state index in [1.165, 1.54) is 34.5 Å². The lowest BCUT2D eigenvalue weighted by Crippen LogP contribution is -2.28. The Morgan fingerprint density at radius 1 is 1.17 bits per heavy atom. The van der Waals surface area contributed by atoms with Gasteiger partial charge in [-0.05, 0) is 48.7 Å². The van der Waals surface area contributed by atoms with Crippen LogP contribution in [-0.4, -0.2) is 25.1 Å². The molecule has 0 aliphatic heterocycles. The van der Waals surface area contributed by atoms with Crippen molar-refractivity contribution in [1.29, 1.82) is 0 Å². The van der Waals surface area contributed by atoms with Crippen molar-refractivity contribution in [3.63, 3.8) is 0 Å². The first kappa shape index (κ1) is 18.8. The molecular weight excluding hydrogens is 373 g/mol. The summed E-state index contributed by atoms with van der Waals surface area (Å²) in [6.45, 7) is 1.89. The number of aromatic nitrogens is 4. The number of carbonyl (C=O) groups excluding carboxylic acids is 1. The molecule has 2 aromatic carbocycles. The number of hydrogen-bond acceptors (Lipinski definition) is 4. The van der Waals surface area contributed by atoms with Crippen LogP contribution in [0.4, 0.5) is 10.1 Å². The summed E-state index contributed by atoms with van der Waals surface area (Å²) in [5.74, 6) is -0.824. The lowest BCUT2D eigenvalue weighted by atomic mass is 10.1. The Morgan fingerprint density at radius 3 is 2.72 bits per heavy atom. The van der Waals surface area contributed by atoms with Crippen LogP contribution in [0.15, 0.2) is 53.6 Å². The minimum atomic E-state index is -0.510. The molecule has 0 unspecified atom stereocenters. The van der Waals surface area contributed by atoms with E-state index in [2.05, 4.69) is 22.3 Å². The van der Waals surface area contributed by atoms with Crippen molar-refractivity contribution in [2.45, 2.75) is 32.7 Å². The van der Waals surface area contributed by atoms with Gasteiger partial charge in [0.2, 0.25) is 5.91 Å². The average Bonchev–Trinajstić information content (AvgIpc) is 3.03. The van der Waals surface area contributed by atoms with Gasteiger partial charge in [-0.15, -0.1) is 5.10 Å². The molecule has 4 aromatic rings. The fourth-order valence-corrected chi connectivity index (χ4v) is 3.20. The first-order chi connectivity index (χ1) is 14.0. The Bertz CT molecular complexity index is 1240. The molecule has 0 atom stereocenters. The van der Waals surface area contributed by atoms with Crippen LogP contribution in [0.2, 0.25) is 0 Å². The van der Waals surface area contributed by atoms with Crippen molar-refractivity contribution in [3.05, 3.63) is 70.7 Å². The number of benzene rings is 2. The summed E-state index contributed by atoms with van der Waals surface area (Å²) in [4.78, 5) is 29.1. The van der Waals surface area contributed by atoms with Crippen LogP contribution in [0.1, 0.15) is 25.3 Å². The molecular formula is C21H20FN5O2. The maximum atomic E-state index is 13.6. The van der Waals surface area contributed by atoms with Crippen molar-refractivity contribution >= 4 is 28.1 Å². The molecule has 0 spiro atoms. The first-order valence-electron chi connectivity index (χ1n) is 9.47. The monoisotopic (exact) mass is 393 g/mol. The zero-order valence-electron chi connectivity index (χ0n) is 15.9. The van der Waals surface area contributed by atoms with Gasteiger partial charge in [0.1, 0.15) is 18.7 Å². The highest BCUT2D eigenvalue weighted by Crippen LogP contribution is 2.17. The van der Waals surface area contributed by atoms with Gasteiger partial charge in [0.15, 0.2) is 5.65 Å². The van der Waals surface area contributed by atoms with Gasteiger partial charge < -0.3 is 5.32 Å². The minimum absolute atomic E-state index is 0.255. The van der Waals surface area contributed by atoms with Crippen molar-refractivity contribution in [2.75, 3.05) is 5.32 Å². The molecule has 2 heterocycles. The second-order valence-electron chi connectivity index (χ2n) is 6.89. The number of hydrogen-bond donors (Lipinski definition) is 1. The van der Waals surface area contributed by atoms with E-state index in [1.54, 1.807) is 0 Å². The predicted octanol–water partition coefficient (Wildman–Crippen LogP) is 3.16. The summed E-state index contributed by atoms with van der Waals surface area (Å²) in [7, 11) is 0. The topological polar surface area (TPSA) is 81.3 Å². The SMILES string of the molecule is CCCCc1ccc(NC(=O)Cn2nc3c4cc(F)ccc4ncn3c2=O)cc1. The summed E-state index contributed by atoms with van der Waals surface area (Å²) in [5, 5.41) is 7.39. The van der Waals surface area contributed by atoms with Gasteiger partial charge in [-0.2, -0.15) is 0 Å². The highest BCUT2D eigenvalue weighted by Gasteiger charge is 2.14. The first-order valence-corrected chi connectivity index (χ1v) is 9.47. The molecule has 0 saturated carbocycles. The van der Waals surface area contributed by atoms with Crippen molar-refractivity contribution in [1.82, 2.24) is 19.2 Å². The molecule has 29 heavy (non-hydrogen) atoms. The molecule has 1 amide bonds. The Labute approximate surface area is 165 Å². The normalized spacial score (nSPS) is 11.2. The summed E-state index contributed by atoms with van der Waals surface area (Å²) in [6, 6.07) is 11.7. The molecule has 7 nitrogen and oxygen atoms in total. The molecule has 0 aliphatic rings. The van der Waals surface area contributed by atoms with Gasteiger partial charge in [0.25, 0.3) is 0 Å². The number of nitrogens with zero attached hydrogens (tertiary/aromatic N) is 4. The van der Waals surface area contributed by atoms with Crippen LogP contribution in [0.25, 0.3) is 16.6 Å². The Morgan fingerprint density at radius 2 is 1.97 bits per heavy atom. The van der Waals surface area contributed by atoms with E-state index in [0.29, 0.717) is 16.6 Å². The van der Waals surface area contributed by atoms with Crippen molar-refractivity contribution < 1.29 is 9.18 Å². The fraction of sp³-hybridized carbons (Fsp3) is 0.238. The minimum Gasteiger partial charge on any atom is -0.324 e. The number of amides is 1. The van der Waals surface area contributed by atoms with E-state index in [4.69, 9.17) is 0 Å². The fourth-order valence-electron chi connectivity index (χ4n) is 3.20. The smallest absolute Gasteiger partial charge is 0.324 e. The van der Waals surface area contributed by atoms with Gasteiger partial charge in [-0.3, -0.25) is 4.79 Å². The number of rotatable bonds is 6. The van der Waals surface area contributed by atoms with Crippen molar-refractivity contribution in [3.8, 4) is 0 Å². The summed E-state index contributed by atoms with van der Waals surface area (Å²) >= 11 is 0. The third-order valence-electron chi connectivity index (χ3n) is 4.73. The third-order valence-corrected chi connectivity index (χ3v) is 4.73. The predicted molar refractivity (Wildman–Crippen MR) is 108 cm³/mol. The van der Waals surface area contributed by atoms with Gasteiger partial charge in [0, 0.05) is 11.1 Å². The average molecular weight is 393 g/mol. The highest BCUT2D eigenvalue weighted by molar-refractivity contribution is 5.92. The van der Waals surface area contributed by atoms with Crippen LogP contribution in [0.5, 0.6) is 0 Å². The highest BCUT2D eigenvalue weighted by atomic mass is 19.1. The van der Waals surface area contributed by atoms with Gasteiger partial charge in [-0.1, -0.05) is 25.5 Å². The van der Waals surface area contributed by atoms with Crippen LogP contribution < -0.4 is 11.0 Å². The van der Waals surface area contributed by atoms with Gasteiger partial charge in [0.05, 0.1) is 5.52 Å². The molecule has 2 aromatic heterocycles. The van der Waals surface area contributed by atoms with E-state index in [0.717, 1.165) is 23.9 Å².